The molecule has 0 aliphatic heterocycles. The number of nitrogens with zero attached hydrogens (tertiary/aromatic N) is 1. The van der Waals surface area contributed by atoms with Crippen LogP contribution in [-0.2, 0) is 4.79 Å². The van der Waals surface area contributed by atoms with Crippen molar-refractivity contribution in [1.82, 2.24) is 0 Å². The van der Waals surface area contributed by atoms with Gasteiger partial charge in [-0.1, -0.05) is 12.1 Å². The molecule has 0 aromatic heterocycles. The van der Waals surface area contributed by atoms with Gasteiger partial charge in [-0.3, -0.25) is 4.79 Å². The smallest absolute Gasteiger partial charge is 0.243 e. The summed E-state index contributed by atoms with van der Waals surface area (Å²) in [6, 6.07) is 15.5. The van der Waals surface area contributed by atoms with Crippen molar-refractivity contribution in [2.45, 2.75) is 13.8 Å². The molecule has 0 radical (unpaired) electrons. The van der Waals surface area contributed by atoms with Crippen LogP contribution in [0.15, 0.2) is 48.5 Å². The molecule has 0 saturated carbocycles. The molecule has 0 bridgehead atoms. The van der Waals surface area contributed by atoms with Gasteiger partial charge in [-0.05, 0) is 55.8 Å². The molecule has 0 fully saturated rings. The predicted octanol–water partition coefficient (Wildman–Crippen LogP) is 3.47. The number of methoxy groups -OCH3 is 1. The van der Waals surface area contributed by atoms with Crippen molar-refractivity contribution in [3.63, 3.8) is 0 Å². The maximum atomic E-state index is 12.2. The molecule has 1 N–H and O–H groups in total. The highest BCUT2D eigenvalue weighted by Crippen LogP contribution is 2.17. The van der Waals surface area contributed by atoms with E-state index in [4.69, 9.17) is 4.74 Å². The van der Waals surface area contributed by atoms with Gasteiger partial charge >= 0.3 is 0 Å². The Morgan fingerprint density at radius 3 is 2.50 bits per heavy atom. The number of carbonyl (C=O) groups excluding carboxylic acids is 1. The molecular weight excluding hydrogens is 276 g/mol. The Kier molecular flexibility index (Phi) is 5.42. The summed E-state index contributed by atoms with van der Waals surface area (Å²) in [7, 11) is 1.62. The fourth-order valence-corrected chi connectivity index (χ4v) is 2.26. The average molecular weight is 298 g/mol. The van der Waals surface area contributed by atoms with Crippen LogP contribution < -0.4 is 15.0 Å². The molecule has 116 valence electrons. The van der Waals surface area contributed by atoms with Crippen LogP contribution in [0.25, 0.3) is 0 Å². The number of hydrogen-bond acceptors (Lipinski definition) is 3. The van der Waals surface area contributed by atoms with E-state index in [1.54, 1.807) is 7.11 Å². The summed E-state index contributed by atoms with van der Waals surface area (Å²) in [6.45, 7) is 5.20. The number of ether oxygens (including phenoxy) is 1. The molecular formula is C18H22N2O2. The Hall–Kier alpha value is -2.49. The first-order valence-electron chi connectivity index (χ1n) is 7.38. The van der Waals surface area contributed by atoms with Crippen molar-refractivity contribution in [3.8, 4) is 5.75 Å². The monoisotopic (exact) mass is 298 g/mol. The highest BCUT2D eigenvalue weighted by Gasteiger charge is 2.10. The summed E-state index contributed by atoms with van der Waals surface area (Å²) >= 11 is 0. The lowest BCUT2D eigenvalue weighted by molar-refractivity contribution is -0.115. The average Bonchev–Trinajstić information content (AvgIpc) is 2.53. The van der Waals surface area contributed by atoms with Gasteiger partial charge in [-0.2, -0.15) is 0 Å². The molecule has 4 heteroatoms. The number of benzene rings is 2. The second-order valence-electron chi connectivity index (χ2n) is 5.13. The summed E-state index contributed by atoms with van der Waals surface area (Å²) in [5.41, 5.74) is 3.02. The van der Waals surface area contributed by atoms with Crippen LogP contribution in [0, 0.1) is 6.92 Å². The Morgan fingerprint density at radius 1 is 1.18 bits per heavy atom. The number of likely N-dealkylation sites (N-methyl/N-ethyl adjacent to an activating group) is 1. The van der Waals surface area contributed by atoms with Crippen LogP contribution in [0.1, 0.15) is 12.5 Å². The molecule has 0 heterocycles. The molecule has 0 atom stereocenters. The third kappa shape index (κ3) is 4.25. The highest BCUT2D eigenvalue weighted by atomic mass is 16.5. The number of aryl methyl sites for hydroxylation is 1. The Balaban J connectivity index is 1.99. The summed E-state index contributed by atoms with van der Waals surface area (Å²) in [5.74, 6) is 0.737. The van der Waals surface area contributed by atoms with Crippen molar-refractivity contribution in [3.05, 3.63) is 54.1 Å². The molecule has 0 aliphatic carbocycles. The van der Waals surface area contributed by atoms with Crippen molar-refractivity contribution < 1.29 is 9.53 Å². The zero-order valence-electron chi connectivity index (χ0n) is 13.3. The Morgan fingerprint density at radius 2 is 1.91 bits per heavy atom. The molecule has 0 unspecified atom stereocenters. The molecule has 1 amide bonds. The van der Waals surface area contributed by atoms with E-state index in [-0.39, 0.29) is 5.91 Å². The van der Waals surface area contributed by atoms with Gasteiger partial charge < -0.3 is 15.0 Å². The first-order valence-corrected chi connectivity index (χ1v) is 7.38. The maximum absolute atomic E-state index is 12.2. The highest BCUT2D eigenvalue weighted by molar-refractivity contribution is 5.94. The first-order chi connectivity index (χ1) is 10.6. The van der Waals surface area contributed by atoms with Gasteiger partial charge in [0.05, 0.1) is 13.7 Å². The second kappa shape index (κ2) is 7.50. The molecule has 0 aliphatic rings. The van der Waals surface area contributed by atoms with Crippen molar-refractivity contribution in [2.75, 3.05) is 30.4 Å². The van der Waals surface area contributed by atoms with Crippen LogP contribution in [0.5, 0.6) is 5.75 Å². The third-order valence-corrected chi connectivity index (χ3v) is 3.46. The molecule has 2 aromatic carbocycles. The van der Waals surface area contributed by atoms with Crippen LogP contribution in [0.4, 0.5) is 11.4 Å². The minimum absolute atomic E-state index is 0.0338. The van der Waals surface area contributed by atoms with E-state index < -0.39 is 0 Å². The van der Waals surface area contributed by atoms with E-state index in [0.29, 0.717) is 6.54 Å². The van der Waals surface area contributed by atoms with Gasteiger partial charge in [-0.25, -0.2) is 0 Å². The number of carbonyl (C=O) groups is 1. The normalized spacial score (nSPS) is 10.1. The molecule has 2 aromatic rings. The predicted molar refractivity (Wildman–Crippen MR) is 90.7 cm³/mol. The van der Waals surface area contributed by atoms with Gasteiger partial charge in [0.25, 0.3) is 0 Å². The fourth-order valence-electron chi connectivity index (χ4n) is 2.26. The van der Waals surface area contributed by atoms with E-state index >= 15 is 0 Å². The first kappa shape index (κ1) is 15.9. The lowest BCUT2D eigenvalue weighted by atomic mass is 10.2. The summed E-state index contributed by atoms with van der Waals surface area (Å²) in [5, 5.41) is 2.91. The number of amides is 1. The van der Waals surface area contributed by atoms with Gasteiger partial charge in [0, 0.05) is 17.9 Å². The Labute approximate surface area is 131 Å². The standard InChI is InChI=1S/C18H22N2O2/c1-4-20(16-7-5-6-14(2)12-16)13-18(21)19-15-8-10-17(22-3)11-9-15/h5-12H,4,13H2,1-3H3,(H,19,21). The van der Waals surface area contributed by atoms with Crippen molar-refractivity contribution >= 4 is 17.3 Å². The second-order valence-corrected chi connectivity index (χ2v) is 5.13. The minimum Gasteiger partial charge on any atom is -0.497 e. The number of anilines is 2. The number of rotatable bonds is 6. The summed E-state index contributed by atoms with van der Waals surface area (Å²) in [4.78, 5) is 14.3. The van der Waals surface area contributed by atoms with E-state index in [0.717, 1.165) is 23.7 Å². The largest absolute Gasteiger partial charge is 0.497 e. The molecule has 4 nitrogen and oxygen atoms in total. The summed E-state index contributed by atoms with van der Waals surface area (Å²) < 4.78 is 5.10. The third-order valence-electron chi connectivity index (χ3n) is 3.46. The van der Waals surface area contributed by atoms with Gasteiger partial charge in [0.2, 0.25) is 5.91 Å². The van der Waals surface area contributed by atoms with Crippen LogP contribution in [0.3, 0.4) is 0 Å². The van der Waals surface area contributed by atoms with Crippen molar-refractivity contribution in [2.24, 2.45) is 0 Å². The molecule has 0 spiro atoms. The fraction of sp³-hybridized carbons (Fsp3) is 0.278. The zero-order valence-corrected chi connectivity index (χ0v) is 13.3. The molecule has 2 rings (SSSR count). The van der Waals surface area contributed by atoms with E-state index in [2.05, 4.69) is 24.4 Å². The number of nitrogens with one attached hydrogen (secondary N) is 1. The van der Waals surface area contributed by atoms with E-state index in [9.17, 15) is 4.79 Å². The van der Waals surface area contributed by atoms with Crippen LogP contribution in [0.2, 0.25) is 0 Å². The van der Waals surface area contributed by atoms with Gasteiger partial charge in [0.15, 0.2) is 0 Å². The van der Waals surface area contributed by atoms with E-state index in [1.807, 2.05) is 48.2 Å². The van der Waals surface area contributed by atoms with E-state index in [1.165, 1.54) is 5.56 Å². The molecule has 22 heavy (non-hydrogen) atoms. The molecule has 0 saturated heterocycles. The van der Waals surface area contributed by atoms with Crippen LogP contribution >= 0.6 is 0 Å². The summed E-state index contributed by atoms with van der Waals surface area (Å²) in [6.07, 6.45) is 0. The maximum Gasteiger partial charge on any atom is 0.243 e. The Bertz CT molecular complexity index is 623. The van der Waals surface area contributed by atoms with Gasteiger partial charge in [-0.15, -0.1) is 0 Å². The van der Waals surface area contributed by atoms with Crippen molar-refractivity contribution in [1.29, 1.82) is 0 Å². The lowest BCUT2D eigenvalue weighted by Gasteiger charge is -2.23. The minimum atomic E-state index is -0.0338. The van der Waals surface area contributed by atoms with Gasteiger partial charge in [0.1, 0.15) is 5.75 Å². The quantitative estimate of drug-likeness (QED) is 0.888. The SMILES string of the molecule is CCN(CC(=O)Nc1ccc(OC)cc1)c1cccc(C)c1. The lowest BCUT2D eigenvalue weighted by Crippen LogP contribution is -2.33. The number of hydrogen-bond donors (Lipinski definition) is 1. The zero-order chi connectivity index (χ0) is 15.9. The van der Waals surface area contributed by atoms with Crippen LogP contribution in [-0.4, -0.2) is 26.1 Å². The topological polar surface area (TPSA) is 41.6 Å².